The molecule has 0 bridgehead atoms. The number of nitrogens with zero attached hydrogens (tertiary/aromatic N) is 1. The molecule has 0 amide bonds. The average Bonchev–Trinajstić information content (AvgIpc) is 2.68. The van der Waals surface area contributed by atoms with Gasteiger partial charge in [0.2, 0.25) is 10.0 Å². The number of hydrogen-bond donors (Lipinski definition) is 3. The molecule has 0 heterocycles. The first-order valence-electron chi connectivity index (χ1n) is 9.99. The Bertz CT molecular complexity index is 915. The molecule has 0 atom stereocenters. The Morgan fingerprint density at radius 1 is 1.00 bits per heavy atom. The van der Waals surface area contributed by atoms with Crippen molar-refractivity contribution in [2.24, 2.45) is 4.99 Å². The minimum atomic E-state index is -3.32. The van der Waals surface area contributed by atoms with Gasteiger partial charge in [-0.25, -0.2) is 13.1 Å². The van der Waals surface area contributed by atoms with Crippen molar-refractivity contribution in [1.82, 2.24) is 15.4 Å². The summed E-state index contributed by atoms with van der Waals surface area (Å²) in [5.74, 6) is 1.50. The summed E-state index contributed by atoms with van der Waals surface area (Å²) in [6, 6.07) is 15.3. The van der Waals surface area contributed by atoms with E-state index in [1.54, 1.807) is 7.05 Å². The number of halogens is 1. The number of guanidine groups is 1. The van der Waals surface area contributed by atoms with Crippen LogP contribution in [0.4, 0.5) is 0 Å². The zero-order valence-corrected chi connectivity index (χ0v) is 21.7. The second-order valence-electron chi connectivity index (χ2n) is 7.36. The Balaban J connectivity index is 0.00000480. The van der Waals surface area contributed by atoms with E-state index in [0.717, 1.165) is 16.9 Å². The van der Waals surface area contributed by atoms with E-state index in [1.807, 2.05) is 69.3 Å². The molecule has 172 valence electrons. The molecule has 2 aromatic rings. The van der Waals surface area contributed by atoms with Crippen molar-refractivity contribution in [3.8, 4) is 5.75 Å². The molecular formula is C22H33IN4O3S. The van der Waals surface area contributed by atoms with Gasteiger partial charge in [-0.3, -0.25) is 4.99 Å². The lowest BCUT2D eigenvalue weighted by atomic mass is 10.1. The van der Waals surface area contributed by atoms with E-state index in [1.165, 1.54) is 5.56 Å². The zero-order valence-electron chi connectivity index (χ0n) is 18.5. The van der Waals surface area contributed by atoms with Crippen molar-refractivity contribution in [1.29, 1.82) is 0 Å². The lowest BCUT2D eigenvalue weighted by Gasteiger charge is -2.13. The van der Waals surface area contributed by atoms with E-state index in [4.69, 9.17) is 4.74 Å². The third-order valence-electron chi connectivity index (χ3n) is 4.16. The number of sulfonamides is 1. The second-order valence-corrected chi connectivity index (χ2v) is 9.12. The van der Waals surface area contributed by atoms with Crippen molar-refractivity contribution in [2.75, 3.05) is 20.2 Å². The second kappa shape index (κ2) is 13.5. The van der Waals surface area contributed by atoms with Crippen LogP contribution in [0.2, 0.25) is 0 Å². The summed E-state index contributed by atoms with van der Waals surface area (Å²) in [4.78, 5) is 4.20. The standard InChI is InChI=1S/C22H32N4O3S.HI/c1-17(2)26-30(27,28)16-20-9-7-19(8-10-20)15-25-22(23-4)24-13-14-29-21-11-5-18(3)6-12-21;/h5-12,17,26H,13-16H2,1-4H3,(H2,23,24,25);1H. The lowest BCUT2D eigenvalue weighted by molar-refractivity contribution is 0.322. The highest BCUT2D eigenvalue weighted by Crippen LogP contribution is 2.11. The van der Waals surface area contributed by atoms with E-state index in [2.05, 4.69) is 20.3 Å². The molecule has 0 saturated carbocycles. The summed E-state index contributed by atoms with van der Waals surface area (Å²) in [6.45, 7) is 7.38. The van der Waals surface area contributed by atoms with Gasteiger partial charge in [-0.05, 0) is 44.0 Å². The molecule has 2 rings (SSSR count). The number of nitrogens with one attached hydrogen (secondary N) is 3. The third-order valence-corrected chi connectivity index (χ3v) is 5.71. The van der Waals surface area contributed by atoms with Crippen LogP contribution in [0, 0.1) is 6.92 Å². The largest absolute Gasteiger partial charge is 0.492 e. The van der Waals surface area contributed by atoms with E-state index in [0.29, 0.717) is 25.7 Å². The van der Waals surface area contributed by atoms with Crippen molar-refractivity contribution < 1.29 is 13.2 Å². The molecule has 0 saturated heterocycles. The monoisotopic (exact) mass is 560 g/mol. The summed E-state index contributed by atoms with van der Waals surface area (Å²) < 4.78 is 32.3. The van der Waals surface area contributed by atoms with Crippen LogP contribution in [0.1, 0.15) is 30.5 Å². The fourth-order valence-electron chi connectivity index (χ4n) is 2.75. The van der Waals surface area contributed by atoms with Crippen LogP contribution in [0.5, 0.6) is 5.75 Å². The van der Waals surface area contributed by atoms with Gasteiger partial charge in [-0.2, -0.15) is 0 Å². The molecule has 9 heteroatoms. The molecule has 7 nitrogen and oxygen atoms in total. The minimum Gasteiger partial charge on any atom is -0.492 e. The summed E-state index contributed by atoms with van der Waals surface area (Å²) in [7, 11) is -1.60. The van der Waals surface area contributed by atoms with Crippen LogP contribution in [0.15, 0.2) is 53.5 Å². The van der Waals surface area contributed by atoms with Gasteiger partial charge in [0.1, 0.15) is 12.4 Å². The summed E-state index contributed by atoms with van der Waals surface area (Å²) in [5, 5.41) is 6.45. The Labute approximate surface area is 203 Å². The first-order valence-corrected chi connectivity index (χ1v) is 11.6. The number of ether oxygens (including phenoxy) is 1. The van der Waals surface area contributed by atoms with Gasteiger partial charge in [-0.1, -0.05) is 42.0 Å². The van der Waals surface area contributed by atoms with Crippen LogP contribution in [0.25, 0.3) is 0 Å². The fraction of sp³-hybridized carbons (Fsp3) is 0.409. The maximum atomic E-state index is 12.0. The summed E-state index contributed by atoms with van der Waals surface area (Å²) in [5.41, 5.74) is 2.99. The fourth-order valence-corrected chi connectivity index (χ4v) is 4.19. The maximum Gasteiger partial charge on any atom is 0.216 e. The molecular weight excluding hydrogens is 527 g/mol. The van der Waals surface area contributed by atoms with Gasteiger partial charge in [0.05, 0.1) is 12.3 Å². The molecule has 0 aliphatic rings. The quantitative estimate of drug-likeness (QED) is 0.180. The van der Waals surface area contributed by atoms with Crippen LogP contribution in [-0.4, -0.2) is 40.6 Å². The minimum absolute atomic E-state index is 0. The normalized spacial score (nSPS) is 11.7. The van der Waals surface area contributed by atoms with Crippen LogP contribution < -0.4 is 20.1 Å². The predicted octanol–water partition coefficient (Wildman–Crippen LogP) is 3.18. The molecule has 0 radical (unpaired) electrons. The molecule has 31 heavy (non-hydrogen) atoms. The van der Waals surface area contributed by atoms with Crippen LogP contribution in [-0.2, 0) is 22.3 Å². The molecule has 3 N–H and O–H groups in total. The van der Waals surface area contributed by atoms with Gasteiger partial charge >= 0.3 is 0 Å². The molecule has 0 aliphatic carbocycles. The molecule has 0 fully saturated rings. The Kier molecular flexibility index (Phi) is 11.9. The number of hydrogen-bond acceptors (Lipinski definition) is 4. The predicted molar refractivity (Wildman–Crippen MR) is 138 cm³/mol. The van der Waals surface area contributed by atoms with Crippen molar-refractivity contribution >= 4 is 40.0 Å². The van der Waals surface area contributed by atoms with Crippen LogP contribution in [0.3, 0.4) is 0 Å². The summed E-state index contributed by atoms with van der Waals surface area (Å²) in [6.07, 6.45) is 0. The first kappa shape index (κ1) is 27.2. The SMILES string of the molecule is CN=C(NCCOc1ccc(C)cc1)NCc1ccc(CS(=O)(=O)NC(C)C)cc1.I. The van der Waals surface area contributed by atoms with E-state index in [-0.39, 0.29) is 35.8 Å². The molecule has 0 aromatic heterocycles. The Morgan fingerprint density at radius 3 is 2.19 bits per heavy atom. The summed E-state index contributed by atoms with van der Waals surface area (Å²) >= 11 is 0. The van der Waals surface area contributed by atoms with E-state index < -0.39 is 10.0 Å². The third kappa shape index (κ3) is 10.8. The van der Waals surface area contributed by atoms with Gasteiger partial charge in [-0.15, -0.1) is 24.0 Å². The number of aliphatic imine (C=N–C) groups is 1. The topological polar surface area (TPSA) is 91.8 Å². The van der Waals surface area contributed by atoms with Crippen molar-refractivity contribution in [2.45, 2.75) is 39.1 Å². The molecule has 0 spiro atoms. The van der Waals surface area contributed by atoms with Crippen LogP contribution >= 0.6 is 24.0 Å². The van der Waals surface area contributed by atoms with Gasteiger partial charge in [0.15, 0.2) is 5.96 Å². The molecule has 2 aromatic carbocycles. The highest BCUT2D eigenvalue weighted by atomic mass is 127. The maximum absolute atomic E-state index is 12.0. The first-order chi connectivity index (χ1) is 14.3. The van der Waals surface area contributed by atoms with E-state index >= 15 is 0 Å². The molecule has 0 unspecified atom stereocenters. The van der Waals surface area contributed by atoms with Gasteiger partial charge < -0.3 is 15.4 Å². The van der Waals surface area contributed by atoms with Crippen molar-refractivity contribution in [3.63, 3.8) is 0 Å². The Morgan fingerprint density at radius 2 is 1.61 bits per heavy atom. The number of benzene rings is 2. The zero-order chi connectivity index (χ0) is 22.0. The van der Waals surface area contributed by atoms with Gasteiger partial charge in [0.25, 0.3) is 0 Å². The Hall–Kier alpha value is -1.85. The highest BCUT2D eigenvalue weighted by molar-refractivity contribution is 14.0. The van der Waals surface area contributed by atoms with Crippen molar-refractivity contribution in [3.05, 3.63) is 65.2 Å². The lowest BCUT2D eigenvalue weighted by Crippen LogP contribution is -2.38. The molecule has 0 aliphatic heterocycles. The van der Waals surface area contributed by atoms with E-state index in [9.17, 15) is 8.42 Å². The highest BCUT2D eigenvalue weighted by Gasteiger charge is 2.12. The number of aryl methyl sites for hydroxylation is 1. The smallest absolute Gasteiger partial charge is 0.216 e. The average molecular weight is 561 g/mol. The van der Waals surface area contributed by atoms with Gasteiger partial charge in [0, 0.05) is 19.6 Å². The number of rotatable bonds is 10.